The molecule has 0 aliphatic heterocycles. The largest absolute Gasteiger partial charge is 0.352 e. The highest BCUT2D eigenvalue weighted by atomic mass is 79.9. The molecule has 0 bridgehead atoms. The number of rotatable bonds is 6. The molecule has 2 amide bonds. The molecule has 0 fully saturated rings. The van der Waals surface area contributed by atoms with Gasteiger partial charge in [0.05, 0.1) is 6.54 Å². The quantitative estimate of drug-likeness (QED) is 0.775. The summed E-state index contributed by atoms with van der Waals surface area (Å²) in [7, 11) is 0. The van der Waals surface area contributed by atoms with Crippen molar-refractivity contribution in [1.29, 1.82) is 0 Å². The van der Waals surface area contributed by atoms with Gasteiger partial charge in [0.1, 0.15) is 0 Å². The van der Waals surface area contributed by atoms with Gasteiger partial charge in [0.15, 0.2) is 0 Å². The van der Waals surface area contributed by atoms with Gasteiger partial charge in [0, 0.05) is 16.1 Å². The number of amides is 2. The van der Waals surface area contributed by atoms with E-state index < -0.39 is 0 Å². The molecule has 0 radical (unpaired) electrons. The molecule has 0 aliphatic rings. The van der Waals surface area contributed by atoms with Crippen molar-refractivity contribution < 1.29 is 9.59 Å². The third-order valence-electron chi connectivity index (χ3n) is 4.04. The van der Waals surface area contributed by atoms with Crippen LogP contribution in [0, 0.1) is 13.8 Å². The summed E-state index contributed by atoms with van der Waals surface area (Å²) < 4.78 is 1.03. The minimum absolute atomic E-state index is 0.00723. The van der Waals surface area contributed by atoms with Crippen LogP contribution in [0.25, 0.3) is 0 Å². The van der Waals surface area contributed by atoms with Crippen molar-refractivity contribution in [3.8, 4) is 0 Å². The van der Waals surface area contributed by atoms with E-state index >= 15 is 0 Å². The Balaban J connectivity index is 1.80. The zero-order chi connectivity index (χ0) is 18.4. The standard InChI is InChI=1S/C20H23BrN2O2/c1-13-4-7-17(10-14(13)2)20(25)22-12-19(24)23-15(3)11-16-5-8-18(21)9-6-16/h4-10,15H,11-12H2,1-3H3,(H,22,25)(H,23,24). The molecule has 1 atom stereocenters. The molecule has 2 N–H and O–H groups in total. The van der Waals surface area contributed by atoms with E-state index in [1.165, 1.54) is 0 Å². The van der Waals surface area contributed by atoms with Crippen LogP contribution in [0.1, 0.15) is 34.0 Å². The summed E-state index contributed by atoms with van der Waals surface area (Å²) in [5, 5.41) is 5.57. The van der Waals surface area contributed by atoms with Crippen molar-refractivity contribution in [3.63, 3.8) is 0 Å². The van der Waals surface area contributed by atoms with Crippen molar-refractivity contribution in [2.75, 3.05) is 6.54 Å². The van der Waals surface area contributed by atoms with Crippen LogP contribution in [0.2, 0.25) is 0 Å². The summed E-state index contributed by atoms with van der Waals surface area (Å²) in [4.78, 5) is 24.1. The van der Waals surface area contributed by atoms with Crippen molar-refractivity contribution in [1.82, 2.24) is 10.6 Å². The number of benzene rings is 2. The maximum absolute atomic E-state index is 12.1. The molecule has 5 heteroatoms. The van der Waals surface area contributed by atoms with Crippen molar-refractivity contribution in [3.05, 3.63) is 69.2 Å². The van der Waals surface area contributed by atoms with Gasteiger partial charge in [-0.3, -0.25) is 9.59 Å². The topological polar surface area (TPSA) is 58.2 Å². The van der Waals surface area contributed by atoms with E-state index in [-0.39, 0.29) is 24.4 Å². The SMILES string of the molecule is Cc1ccc(C(=O)NCC(=O)NC(C)Cc2ccc(Br)cc2)cc1C. The monoisotopic (exact) mass is 402 g/mol. The predicted octanol–water partition coefficient (Wildman–Crippen LogP) is 3.54. The Morgan fingerprint density at radius 1 is 1.04 bits per heavy atom. The molecule has 2 aromatic carbocycles. The fourth-order valence-electron chi connectivity index (χ4n) is 2.50. The first kappa shape index (κ1) is 19.2. The second-order valence-electron chi connectivity index (χ2n) is 6.28. The van der Waals surface area contributed by atoms with Gasteiger partial charge in [0.2, 0.25) is 5.91 Å². The van der Waals surface area contributed by atoms with Crippen LogP contribution >= 0.6 is 15.9 Å². The highest BCUT2D eigenvalue weighted by Crippen LogP contribution is 2.12. The van der Waals surface area contributed by atoms with Gasteiger partial charge in [-0.05, 0) is 68.1 Å². The fourth-order valence-corrected chi connectivity index (χ4v) is 2.76. The third kappa shape index (κ3) is 6.02. The highest BCUT2D eigenvalue weighted by molar-refractivity contribution is 9.10. The van der Waals surface area contributed by atoms with Crippen molar-refractivity contribution in [2.24, 2.45) is 0 Å². The highest BCUT2D eigenvalue weighted by Gasteiger charge is 2.11. The Bertz CT molecular complexity index is 757. The zero-order valence-electron chi connectivity index (χ0n) is 14.7. The van der Waals surface area contributed by atoms with Crippen LogP contribution in [0.4, 0.5) is 0 Å². The van der Waals surface area contributed by atoms with Crippen molar-refractivity contribution in [2.45, 2.75) is 33.2 Å². The van der Waals surface area contributed by atoms with Crippen molar-refractivity contribution >= 4 is 27.7 Å². The van der Waals surface area contributed by atoms with Crippen LogP contribution in [0.15, 0.2) is 46.9 Å². The van der Waals surface area contributed by atoms with Gasteiger partial charge >= 0.3 is 0 Å². The first-order chi connectivity index (χ1) is 11.8. The Kier molecular flexibility index (Phi) is 6.76. The summed E-state index contributed by atoms with van der Waals surface area (Å²) in [6.45, 7) is 5.88. The summed E-state index contributed by atoms with van der Waals surface area (Å²) in [5.41, 5.74) is 3.91. The fraction of sp³-hybridized carbons (Fsp3) is 0.300. The molecule has 0 heterocycles. The number of carbonyl (C=O) groups excluding carboxylic acids is 2. The second kappa shape index (κ2) is 8.81. The molecular weight excluding hydrogens is 380 g/mol. The maximum Gasteiger partial charge on any atom is 0.251 e. The zero-order valence-corrected chi connectivity index (χ0v) is 16.3. The van der Waals surface area contributed by atoms with Crippen LogP contribution < -0.4 is 10.6 Å². The molecule has 1 unspecified atom stereocenters. The molecule has 0 saturated carbocycles. The molecule has 2 rings (SSSR count). The number of hydrogen-bond donors (Lipinski definition) is 2. The van der Waals surface area contributed by atoms with E-state index in [0.29, 0.717) is 5.56 Å². The Labute approximate surface area is 157 Å². The molecule has 4 nitrogen and oxygen atoms in total. The lowest BCUT2D eigenvalue weighted by atomic mass is 10.1. The smallest absolute Gasteiger partial charge is 0.251 e. The van der Waals surface area contributed by atoms with Gasteiger partial charge in [-0.2, -0.15) is 0 Å². The first-order valence-electron chi connectivity index (χ1n) is 8.24. The number of carbonyl (C=O) groups is 2. The molecule has 0 aromatic heterocycles. The van der Waals surface area contributed by atoms with Crippen LogP contribution in [0.5, 0.6) is 0 Å². The molecule has 0 saturated heterocycles. The van der Waals surface area contributed by atoms with E-state index in [1.807, 2.05) is 57.2 Å². The first-order valence-corrected chi connectivity index (χ1v) is 9.03. The van der Waals surface area contributed by atoms with Gasteiger partial charge in [-0.1, -0.05) is 34.1 Å². The Morgan fingerprint density at radius 3 is 2.36 bits per heavy atom. The maximum atomic E-state index is 12.1. The lowest BCUT2D eigenvalue weighted by molar-refractivity contribution is -0.120. The Hall–Kier alpha value is -2.14. The Morgan fingerprint density at radius 2 is 1.72 bits per heavy atom. The minimum atomic E-state index is -0.237. The van der Waals surface area contributed by atoms with Gasteiger partial charge in [0.25, 0.3) is 5.91 Å². The van der Waals surface area contributed by atoms with Crippen LogP contribution in [-0.2, 0) is 11.2 Å². The number of aryl methyl sites for hydroxylation is 2. The number of halogens is 1. The minimum Gasteiger partial charge on any atom is -0.352 e. The summed E-state index contributed by atoms with van der Waals surface area (Å²) in [6.07, 6.45) is 0.740. The van der Waals surface area contributed by atoms with E-state index in [0.717, 1.165) is 27.6 Å². The second-order valence-corrected chi connectivity index (χ2v) is 7.20. The van der Waals surface area contributed by atoms with Gasteiger partial charge in [-0.25, -0.2) is 0 Å². The molecular formula is C20H23BrN2O2. The lowest BCUT2D eigenvalue weighted by Gasteiger charge is -2.14. The van der Waals surface area contributed by atoms with Crippen LogP contribution in [-0.4, -0.2) is 24.4 Å². The lowest BCUT2D eigenvalue weighted by Crippen LogP contribution is -2.41. The van der Waals surface area contributed by atoms with E-state index in [4.69, 9.17) is 0 Å². The van der Waals surface area contributed by atoms with Gasteiger partial charge < -0.3 is 10.6 Å². The molecule has 0 spiro atoms. The predicted molar refractivity (Wildman–Crippen MR) is 104 cm³/mol. The molecule has 0 aliphatic carbocycles. The van der Waals surface area contributed by atoms with E-state index in [1.54, 1.807) is 6.07 Å². The summed E-state index contributed by atoms with van der Waals surface area (Å²) in [5.74, 6) is -0.430. The summed E-state index contributed by atoms with van der Waals surface area (Å²) in [6, 6.07) is 13.5. The average Bonchev–Trinajstić information content (AvgIpc) is 2.57. The average molecular weight is 403 g/mol. The third-order valence-corrected chi connectivity index (χ3v) is 4.57. The molecule has 2 aromatic rings. The number of hydrogen-bond acceptors (Lipinski definition) is 2. The van der Waals surface area contributed by atoms with Crippen LogP contribution in [0.3, 0.4) is 0 Å². The molecule has 25 heavy (non-hydrogen) atoms. The van der Waals surface area contributed by atoms with E-state index in [2.05, 4.69) is 26.6 Å². The molecule has 132 valence electrons. The summed E-state index contributed by atoms with van der Waals surface area (Å²) >= 11 is 3.40. The van der Waals surface area contributed by atoms with Gasteiger partial charge in [-0.15, -0.1) is 0 Å². The number of nitrogens with one attached hydrogen (secondary N) is 2. The van der Waals surface area contributed by atoms with E-state index in [9.17, 15) is 9.59 Å². The normalized spacial score (nSPS) is 11.7.